The van der Waals surface area contributed by atoms with Crippen LogP contribution in [-0.4, -0.2) is 44.6 Å². The van der Waals surface area contributed by atoms with E-state index >= 15 is 0 Å². The number of β-amino-alcohol motifs (C(OH)–C–C–N with tert-alkyl or cyclic N) is 1. The third-order valence-electron chi connectivity index (χ3n) is 4.83. The molecule has 27 heavy (non-hydrogen) atoms. The molecule has 8 nitrogen and oxygen atoms in total. The molecule has 4 heterocycles. The molecule has 1 fully saturated rings. The standard InChI is InChI=1S/C19H18N4O4/c24-14-8-15(23(10-14)9-13-3-1-2-6-20-13)19-21-18(22-27-19)12-4-5-16-17(7-12)26-11-25-16/h1-7,14-15,24H,8-11H2. The van der Waals surface area contributed by atoms with Crippen molar-refractivity contribution in [2.75, 3.05) is 13.3 Å². The monoisotopic (exact) mass is 366 g/mol. The Kier molecular flexibility index (Phi) is 3.99. The van der Waals surface area contributed by atoms with Crippen LogP contribution in [0.5, 0.6) is 11.5 Å². The zero-order valence-corrected chi connectivity index (χ0v) is 14.5. The first-order chi connectivity index (χ1) is 13.3. The number of benzene rings is 1. The highest BCUT2D eigenvalue weighted by Crippen LogP contribution is 2.37. The summed E-state index contributed by atoms with van der Waals surface area (Å²) in [5.74, 6) is 2.37. The second-order valence-electron chi connectivity index (χ2n) is 6.68. The maximum absolute atomic E-state index is 10.2. The van der Waals surface area contributed by atoms with Crippen molar-refractivity contribution in [1.29, 1.82) is 0 Å². The van der Waals surface area contributed by atoms with Crippen molar-refractivity contribution in [3.8, 4) is 22.9 Å². The number of aromatic nitrogens is 3. The lowest BCUT2D eigenvalue weighted by molar-refractivity contribution is 0.168. The highest BCUT2D eigenvalue weighted by atomic mass is 16.7. The number of likely N-dealkylation sites (tertiary alicyclic amines) is 1. The maximum atomic E-state index is 10.2. The van der Waals surface area contributed by atoms with E-state index in [0.29, 0.717) is 42.7 Å². The van der Waals surface area contributed by atoms with Crippen LogP contribution >= 0.6 is 0 Å². The molecular weight excluding hydrogens is 348 g/mol. The Balaban J connectivity index is 1.39. The smallest absolute Gasteiger partial charge is 0.244 e. The molecule has 2 aromatic heterocycles. The molecule has 0 bridgehead atoms. The number of fused-ring (bicyclic) bond motifs is 1. The van der Waals surface area contributed by atoms with Crippen LogP contribution in [-0.2, 0) is 6.54 Å². The third kappa shape index (κ3) is 3.13. The Morgan fingerprint density at radius 3 is 2.96 bits per heavy atom. The van der Waals surface area contributed by atoms with Gasteiger partial charge in [0.05, 0.1) is 17.8 Å². The lowest BCUT2D eigenvalue weighted by Gasteiger charge is -2.20. The summed E-state index contributed by atoms with van der Waals surface area (Å²) in [6.07, 6.45) is 1.89. The zero-order chi connectivity index (χ0) is 18.2. The van der Waals surface area contributed by atoms with E-state index in [0.717, 1.165) is 11.3 Å². The summed E-state index contributed by atoms with van der Waals surface area (Å²) in [7, 11) is 0. The van der Waals surface area contributed by atoms with Crippen LogP contribution in [0, 0.1) is 0 Å². The number of ether oxygens (including phenoxy) is 2. The van der Waals surface area contributed by atoms with E-state index in [1.165, 1.54) is 0 Å². The SMILES string of the molecule is OC1CC(c2nc(-c3ccc4c(c3)OCO4)no2)N(Cc2ccccn2)C1. The predicted molar refractivity (Wildman–Crippen MR) is 93.9 cm³/mol. The van der Waals surface area contributed by atoms with Gasteiger partial charge in [-0.2, -0.15) is 4.98 Å². The second-order valence-corrected chi connectivity index (χ2v) is 6.68. The van der Waals surface area contributed by atoms with E-state index in [4.69, 9.17) is 14.0 Å². The minimum absolute atomic E-state index is 0.141. The number of aliphatic hydroxyl groups is 1. The van der Waals surface area contributed by atoms with Gasteiger partial charge in [0.15, 0.2) is 11.5 Å². The molecule has 0 amide bonds. The molecule has 1 N–H and O–H groups in total. The minimum Gasteiger partial charge on any atom is -0.454 e. The van der Waals surface area contributed by atoms with E-state index in [1.807, 2.05) is 36.4 Å². The van der Waals surface area contributed by atoms with E-state index < -0.39 is 6.10 Å². The van der Waals surface area contributed by atoms with Crippen LogP contribution in [0.15, 0.2) is 47.1 Å². The van der Waals surface area contributed by atoms with Gasteiger partial charge < -0.3 is 19.1 Å². The highest BCUT2D eigenvalue weighted by molar-refractivity contribution is 5.61. The van der Waals surface area contributed by atoms with Crippen molar-refractivity contribution in [1.82, 2.24) is 20.0 Å². The fourth-order valence-electron chi connectivity index (χ4n) is 3.53. The largest absolute Gasteiger partial charge is 0.454 e. The van der Waals surface area contributed by atoms with Crippen molar-refractivity contribution in [3.05, 3.63) is 54.2 Å². The zero-order valence-electron chi connectivity index (χ0n) is 14.5. The van der Waals surface area contributed by atoms with Crippen LogP contribution in [0.4, 0.5) is 0 Å². The summed E-state index contributed by atoms with van der Waals surface area (Å²) in [4.78, 5) is 11.0. The summed E-state index contributed by atoms with van der Waals surface area (Å²) >= 11 is 0. The first-order valence-corrected chi connectivity index (χ1v) is 8.82. The van der Waals surface area contributed by atoms with E-state index in [2.05, 4.69) is 20.0 Å². The first kappa shape index (κ1) is 16.2. The van der Waals surface area contributed by atoms with Gasteiger partial charge in [-0.05, 0) is 36.8 Å². The Morgan fingerprint density at radius 1 is 1.15 bits per heavy atom. The van der Waals surface area contributed by atoms with Gasteiger partial charge in [-0.3, -0.25) is 9.88 Å². The van der Waals surface area contributed by atoms with Crippen molar-refractivity contribution >= 4 is 0 Å². The van der Waals surface area contributed by atoms with E-state index in [1.54, 1.807) is 6.20 Å². The van der Waals surface area contributed by atoms with Gasteiger partial charge in [0.25, 0.3) is 0 Å². The van der Waals surface area contributed by atoms with E-state index in [9.17, 15) is 5.11 Å². The predicted octanol–water partition coefficient (Wildman–Crippen LogP) is 2.17. The second kappa shape index (κ2) is 6.64. The Labute approximate surface area is 155 Å². The van der Waals surface area contributed by atoms with Crippen LogP contribution in [0.3, 0.4) is 0 Å². The summed E-state index contributed by atoms with van der Waals surface area (Å²) in [6, 6.07) is 11.2. The number of rotatable bonds is 4. The van der Waals surface area contributed by atoms with Gasteiger partial charge in [0, 0.05) is 24.8 Å². The molecule has 1 saturated heterocycles. The van der Waals surface area contributed by atoms with Gasteiger partial charge >= 0.3 is 0 Å². The first-order valence-electron chi connectivity index (χ1n) is 8.82. The quantitative estimate of drug-likeness (QED) is 0.751. The number of hydrogen-bond acceptors (Lipinski definition) is 8. The van der Waals surface area contributed by atoms with Gasteiger partial charge in [0.1, 0.15) is 0 Å². The van der Waals surface area contributed by atoms with Gasteiger partial charge in [-0.15, -0.1) is 0 Å². The lowest BCUT2D eigenvalue weighted by atomic mass is 10.2. The maximum Gasteiger partial charge on any atom is 0.244 e. The summed E-state index contributed by atoms with van der Waals surface area (Å²) in [5.41, 5.74) is 1.73. The third-order valence-corrected chi connectivity index (χ3v) is 4.83. The van der Waals surface area contributed by atoms with Crippen molar-refractivity contribution in [2.45, 2.75) is 25.1 Å². The van der Waals surface area contributed by atoms with Crippen LogP contribution < -0.4 is 9.47 Å². The number of aliphatic hydroxyl groups excluding tert-OH is 1. The summed E-state index contributed by atoms with van der Waals surface area (Å²) in [5, 5.41) is 14.3. The van der Waals surface area contributed by atoms with Crippen LogP contribution in [0.1, 0.15) is 24.0 Å². The molecule has 0 spiro atoms. The van der Waals surface area contributed by atoms with Crippen LogP contribution in [0.25, 0.3) is 11.4 Å². The Bertz CT molecular complexity index is 946. The molecule has 5 rings (SSSR count). The molecular formula is C19H18N4O4. The molecule has 2 unspecified atom stereocenters. The van der Waals surface area contributed by atoms with Crippen molar-refractivity contribution in [3.63, 3.8) is 0 Å². The average molecular weight is 366 g/mol. The Morgan fingerprint density at radius 2 is 2.07 bits per heavy atom. The fourth-order valence-corrected chi connectivity index (χ4v) is 3.53. The molecule has 0 radical (unpaired) electrons. The molecule has 2 aliphatic rings. The molecule has 1 aromatic carbocycles. The summed E-state index contributed by atoms with van der Waals surface area (Å²) in [6.45, 7) is 1.38. The normalized spacial score (nSPS) is 21.7. The highest BCUT2D eigenvalue weighted by Gasteiger charge is 2.36. The van der Waals surface area contributed by atoms with Crippen molar-refractivity contribution < 1.29 is 19.1 Å². The van der Waals surface area contributed by atoms with Crippen LogP contribution in [0.2, 0.25) is 0 Å². The molecule has 138 valence electrons. The number of nitrogens with zero attached hydrogens (tertiary/aromatic N) is 4. The fraction of sp³-hybridized carbons (Fsp3) is 0.316. The average Bonchev–Trinajstić information content (AvgIpc) is 3.41. The number of pyridine rings is 1. The van der Waals surface area contributed by atoms with Gasteiger partial charge in [-0.25, -0.2) is 0 Å². The lowest BCUT2D eigenvalue weighted by Crippen LogP contribution is -2.25. The van der Waals surface area contributed by atoms with E-state index in [-0.39, 0.29) is 12.8 Å². The Hall–Kier alpha value is -2.97. The topological polar surface area (TPSA) is 93.7 Å². The van der Waals surface area contributed by atoms with Gasteiger partial charge in [-0.1, -0.05) is 11.2 Å². The summed E-state index contributed by atoms with van der Waals surface area (Å²) < 4.78 is 16.3. The molecule has 0 saturated carbocycles. The van der Waals surface area contributed by atoms with Crippen molar-refractivity contribution in [2.24, 2.45) is 0 Å². The minimum atomic E-state index is -0.431. The molecule has 3 aromatic rings. The molecule has 2 atom stereocenters. The molecule has 0 aliphatic carbocycles. The van der Waals surface area contributed by atoms with Gasteiger partial charge in [0.2, 0.25) is 18.5 Å². The molecule has 8 heteroatoms. The number of hydrogen-bond donors (Lipinski definition) is 1. The molecule has 2 aliphatic heterocycles.